The first-order valence-corrected chi connectivity index (χ1v) is 6.89. The predicted octanol–water partition coefficient (Wildman–Crippen LogP) is 2.25. The fourth-order valence-corrected chi connectivity index (χ4v) is 2.24. The van der Waals surface area contributed by atoms with E-state index < -0.39 is 24.3 Å². The van der Waals surface area contributed by atoms with Crippen LogP contribution in [0.25, 0.3) is 0 Å². The van der Waals surface area contributed by atoms with Gasteiger partial charge in [-0.15, -0.1) is 0 Å². The Morgan fingerprint density at radius 3 is 2.20 bits per heavy atom. The number of aryl methyl sites for hydroxylation is 1. The molecule has 2 rings (SSSR count). The molecule has 1 saturated heterocycles. The van der Waals surface area contributed by atoms with Crippen LogP contribution in [0.15, 0.2) is 18.2 Å². The lowest BCUT2D eigenvalue weighted by atomic mass is 9.77. The van der Waals surface area contributed by atoms with Gasteiger partial charge in [-0.2, -0.15) is 0 Å². The van der Waals surface area contributed by atoms with Crippen molar-refractivity contribution in [1.82, 2.24) is 0 Å². The lowest BCUT2D eigenvalue weighted by Gasteiger charge is -2.32. The Morgan fingerprint density at radius 1 is 1.20 bits per heavy atom. The molecule has 0 saturated carbocycles. The van der Waals surface area contributed by atoms with Gasteiger partial charge in [0.1, 0.15) is 0 Å². The lowest BCUT2D eigenvalue weighted by molar-refractivity contribution is 0.00578. The van der Waals surface area contributed by atoms with Gasteiger partial charge in [0.25, 0.3) is 0 Å². The van der Waals surface area contributed by atoms with Crippen LogP contribution in [0, 0.1) is 0 Å². The van der Waals surface area contributed by atoms with E-state index in [0.29, 0.717) is 12.0 Å². The molecule has 1 N–H and O–H groups in total. The minimum absolute atomic E-state index is 0.341. The van der Waals surface area contributed by atoms with Crippen molar-refractivity contribution in [2.24, 2.45) is 0 Å². The molecule has 0 bridgehead atoms. The van der Waals surface area contributed by atoms with Gasteiger partial charge in [0.05, 0.1) is 16.8 Å². The Morgan fingerprint density at radius 2 is 1.75 bits per heavy atom. The van der Waals surface area contributed by atoms with Crippen molar-refractivity contribution in [3.05, 3.63) is 29.3 Å². The van der Waals surface area contributed by atoms with Crippen LogP contribution >= 0.6 is 0 Å². The Bertz CT molecular complexity index is 521. The summed E-state index contributed by atoms with van der Waals surface area (Å²) in [5, 5.41) is 9.16. The molecule has 0 aliphatic carbocycles. The summed E-state index contributed by atoms with van der Waals surface area (Å²) < 4.78 is 12.0. The van der Waals surface area contributed by atoms with E-state index in [1.807, 2.05) is 40.7 Å². The number of carboxylic acid groups (broad SMARTS) is 1. The zero-order chi connectivity index (χ0) is 15.1. The molecule has 1 aliphatic heterocycles. The van der Waals surface area contributed by atoms with Gasteiger partial charge in [-0.25, -0.2) is 4.79 Å². The second kappa shape index (κ2) is 4.90. The van der Waals surface area contributed by atoms with Crippen molar-refractivity contribution in [3.8, 4) is 0 Å². The number of hydrogen-bond donors (Lipinski definition) is 1. The van der Waals surface area contributed by atoms with Crippen molar-refractivity contribution < 1.29 is 19.2 Å². The van der Waals surface area contributed by atoms with Gasteiger partial charge < -0.3 is 14.4 Å². The van der Waals surface area contributed by atoms with E-state index in [9.17, 15) is 4.79 Å². The van der Waals surface area contributed by atoms with Gasteiger partial charge in [-0.05, 0) is 51.2 Å². The van der Waals surface area contributed by atoms with Gasteiger partial charge >= 0.3 is 13.1 Å². The van der Waals surface area contributed by atoms with Crippen molar-refractivity contribution in [1.29, 1.82) is 0 Å². The molecule has 0 aromatic heterocycles. The van der Waals surface area contributed by atoms with Crippen LogP contribution < -0.4 is 5.46 Å². The van der Waals surface area contributed by atoms with Crippen molar-refractivity contribution in [2.45, 2.75) is 52.2 Å². The highest BCUT2D eigenvalue weighted by atomic mass is 16.7. The monoisotopic (exact) mass is 276 g/mol. The zero-order valence-corrected chi connectivity index (χ0v) is 12.7. The number of carbonyl (C=O) groups is 1. The zero-order valence-electron chi connectivity index (χ0n) is 12.7. The summed E-state index contributed by atoms with van der Waals surface area (Å²) >= 11 is 0. The molecule has 0 radical (unpaired) electrons. The number of rotatable bonds is 3. The highest BCUT2D eigenvalue weighted by molar-refractivity contribution is 6.62. The summed E-state index contributed by atoms with van der Waals surface area (Å²) in [6.07, 6.45) is 0.662. The van der Waals surface area contributed by atoms with Gasteiger partial charge in [0.15, 0.2) is 0 Å². The Balaban J connectivity index is 2.34. The topological polar surface area (TPSA) is 55.8 Å². The smallest absolute Gasteiger partial charge is 0.478 e. The van der Waals surface area contributed by atoms with E-state index in [-0.39, 0.29) is 0 Å². The van der Waals surface area contributed by atoms with E-state index in [4.69, 9.17) is 14.4 Å². The van der Waals surface area contributed by atoms with E-state index in [2.05, 4.69) is 0 Å². The molecule has 0 unspecified atom stereocenters. The average Bonchev–Trinajstić information content (AvgIpc) is 2.57. The first-order chi connectivity index (χ1) is 9.18. The normalized spacial score (nSPS) is 20.1. The van der Waals surface area contributed by atoms with Crippen molar-refractivity contribution in [3.63, 3.8) is 0 Å². The summed E-state index contributed by atoms with van der Waals surface area (Å²) in [5.74, 6) is -0.901. The minimum Gasteiger partial charge on any atom is -0.478 e. The van der Waals surface area contributed by atoms with Crippen LogP contribution in [-0.4, -0.2) is 29.4 Å². The van der Waals surface area contributed by atoms with E-state index >= 15 is 0 Å². The van der Waals surface area contributed by atoms with Crippen molar-refractivity contribution in [2.75, 3.05) is 0 Å². The summed E-state index contributed by atoms with van der Waals surface area (Å²) in [7, 11) is -0.451. The average molecular weight is 276 g/mol. The molecule has 4 nitrogen and oxygen atoms in total. The fourth-order valence-electron chi connectivity index (χ4n) is 2.24. The first kappa shape index (κ1) is 15.1. The van der Waals surface area contributed by atoms with Gasteiger partial charge in [-0.1, -0.05) is 19.1 Å². The van der Waals surface area contributed by atoms with Gasteiger partial charge in [0.2, 0.25) is 0 Å². The van der Waals surface area contributed by atoms with Crippen molar-refractivity contribution >= 4 is 18.6 Å². The number of carboxylic acids is 1. The third-order valence-electron chi connectivity index (χ3n) is 4.27. The molecular weight excluding hydrogens is 255 g/mol. The maximum atomic E-state index is 11.2. The highest BCUT2D eigenvalue weighted by Gasteiger charge is 2.51. The molecule has 0 spiro atoms. The van der Waals surface area contributed by atoms with E-state index in [0.717, 1.165) is 11.0 Å². The summed E-state index contributed by atoms with van der Waals surface area (Å²) in [5.41, 5.74) is 1.22. The molecule has 1 aliphatic rings. The molecule has 1 aromatic carbocycles. The molecule has 5 heteroatoms. The van der Waals surface area contributed by atoms with Crippen LogP contribution in [0.3, 0.4) is 0 Å². The molecule has 1 fully saturated rings. The number of hydrogen-bond acceptors (Lipinski definition) is 3. The van der Waals surface area contributed by atoms with Crippen LogP contribution in [0.4, 0.5) is 0 Å². The van der Waals surface area contributed by atoms with Crippen LogP contribution in [0.5, 0.6) is 0 Å². The molecule has 108 valence electrons. The molecule has 0 amide bonds. The maximum absolute atomic E-state index is 11.2. The summed E-state index contributed by atoms with van der Waals surface area (Å²) in [4.78, 5) is 11.2. The Labute approximate surface area is 120 Å². The number of aromatic carboxylic acids is 1. The summed E-state index contributed by atoms with van der Waals surface area (Å²) in [6.45, 7) is 9.94. The molecular formula is C15H21BO4. The third kappa shape index (κ3) is 2.48. The van der Waals surface area contributed by atoms with E-state index in [1.54, 1.807) is 12.1 Å². The Hall–Kier alpha value is -1.33. The second-order valence-electron chi connectivity index (χ2n) is 6.16. The maximum Gasteiger partial charge on any atom is 0.494 e. The predicted molar refractivity (Wildman–Crippen MR) is 78.5 cm³/mol. The van der Waals surface area contributed by atoms with Crippen LogP contribution in [0.2, 0.25) is 0 Å². The fraction of sp³-hybridized carbons (Fsp3) is 0.533. The first-order valence-electron chi connectivity index (χ1n) is 6.89. The van der Waals surface area contributed by atoms with Gasteiger partial charge in [0, 0.05) is 0 Å². The lowest BCUT2D eigenvalue weighted by Crippen LogP contribution is -2.41. The molecule has 20 heavy (non-hydrogen) atoms. The summed E-state index contributed by atoms with van der Waals surface area (Å²) in [6, 6.07) is 5.26. The quantitative estimate of drug-likeness (QED) is 0.860. The number of benzene rings is 1. The largest absolute Gasteiger partial charge is 0.494 e. The van der Waals surface area contributed by atoms with Gasteiger partial charge in [-0.3, -0.25) is 0 Å². The standard InChI is InChI=1S/C15H21BO4/c1-6-10-9-11(7-8-12(10)13(17)18)16-19-14(2,3)15(4,5)20-16/h7-9H,6H2,1-5H3,(H,17,18). The van der Waals surface area contributed by atoms with E-state index in [1.165, 1.54) is 0 Å². The highest BCUT2D eigenvalue weighted by Crippen LogP contribution is 2.36. The van der Waals surface area contributed by atoms with Crippen LogP contribution in [-0.2, 0) is 15.7 Å². The molecule has 1 heterocycles. The Kier molecular flexibility index (Phi) is 3.69. The SMILES string of the molecule is CCc1cc(B2OC(C)(C)C(C)(C)O2)ccc1C(=O)O. The molecule has 1 aromatic rings. The van der Waals surface area contributed by atoms with Crippen LogP contribution in [0.1, 0.15) is 50.5 Å². The molecule has 0 atom stereocenters. The third-order valence-corrected chi connectivity index (χ3v) is 4.27. The second-order valence-corrected chi connectivity index (χ2v) is 6.16. The minimum atomic E-state index is -0.901.